The van der Waals surface area contributed by atoms with Crippen LogP contribution in [-0.4, -0.2) is 28.5 Å². The number of hydrogen-bond acceptors (Lipinski definition) is 5. The van der Waals surface area contributed by atoms with Crippen LogP contribution in [0.5, 0.6) is 0 Å². The van der Waals surface area contributed by atoms with Crippen LogP contribution in [0, 0.1) is 5.41 Å². The number of aliphatic hydroxyl groups is 1. The van der Waals surface area contributed by atoms with Crippen molar-refractivity contribution in [3.63, 3.8) is 0 Å². The van der Waals surface area contributed by atoms with Crippen molar-refractivity contribution in [2.75, 3.05) is 18.5 Å². The summed E-state index contributed by atoms with van der Waals surface area (Å²) in [5.74, 6) is 0. The number of aliphatic hydroxyl groups excluding tert-OH is 1. The van der Waals surface area contributed by atoms with E-state index in [1.165, 1.54) is 24.2 Å². The maximum atomic E-state index is 9.05. The second kappa shape index (κ2) is 5.68. The first-order valence-electron chi connectivity index (χ1n) is 6.66. The predicted octanol–water partition coefficient (Wildman–Crippen LogP) is 3.43. The molecule has 0 saturated heterocycles. The van der Waals surface area contributed by atoms with Crippen LogP contribution in [0.4, 0.5) is 5.13 Å². The predicted molar refractivity (Wildman–Crippen MR) is 82.2 cm³/mol. The Morgan fingerprint density at radius 1 is 1.30 bits per heavy atom. The minimum absolute atomic E-state index is 0.253. The quantitative estimate of drug-likeness (QED) is 0.858. The minimum atomic E-state index is 0.253. The van der Waals surface area contributed by atoms with E-state index >= 15 is 0 Å². The van der Waals surface area contributed by atoms with E-state index in [-0.39, 0.29) is 12.0 Å². The highest BCUT2D eigenvalue weighted by Gasteiger charge is 2.41. The van der Waals surface area contributed by atoms with Crippen molar-refractivity contribution in [2.45, 2.75) is 19.3 Å². The van der Waals surface area contributed by atoms with Gasteiger partial charge in [-0.1, -0.05) is 41.1 Å². The van der Waals surface area contributed by atoms with Gasteiger partial charge in [0.25, 0.3) is 0 Å². The molecule has 1 aromatic carbocycles. The molecule has 1 fully saturated rings. The molecule has 20 heavy (non-hydrogen) atoms. The van der Waals surface area contributed by atoms with Crippen molar-refractivity contribution in [1.82, 2.24) is 10.2 Å². The maximum Gasteiger partial charge on any atom is 0.206 e. The summed E-state index contributed by atoms with van der Waals surface area (Å²) < 4.78 is 0. The lowest BCUT2D eigenvalue weighted by Gasteiger charge is -2.13. The third-order valence-electron chi connectivity index (χ3n) is 3.74. The van der Waals surface area contributed by atoms with E-state index in [1.54, 1.807) is 0 Å². The zero-order valence-electron chi connectivity index (χ0n) is 11.0. The van der Waals surface area contributed by atoms with Crippen LogP contribution in [0.3, 0.4) is 0 Å². The molecule has 2 N–H and O–H groups in total. The molecule has 0 amide bonds. The number of rotatable bonds is 6. The first-order chi connectivity index (χ1) is 9.72. The molecule has 1 heterocycles. The molecule has 6 heteroatoms. The molecule has 106 valence electrons. The van der Waals surface area contributed by atoms with E-state index in [0.29, 0.717) is 5.02 Å². The Morgan fingerprint density at radius 2 is 2.10 bits per heavy atom. The second-order valence-corrected chi connectivity index (χ2v) is 6.60. The van der Waals surface area contributed by atoms with Gasteiger partial charge in [0.15, 0.2) is 5.01 Å². The van der Waals surface area contributed by atoms with Gasteiger partial charge in [-0.3, -0.25) is 0 Å². The Bertz CT molecular complexity index is 598. The van der Waals surface area contributed by atoms with Gasteiger partial charge >= 0.3 is 0 Å². The van der Waals surface area contributed by atoms with Gasteiger partial charge in [0.2, 0.25) is 5.13 Å². The zero-order chi connectivity index (χ0) is 14.0. The Hall–Kier alpha value is -1.17. The van der Waals surface area contributed by atoms with Gasteiger partial charge in [-0.25, -0.2) is 0 Å². The lowest BCUT2D eigenvalue weighted by molar-refractivity contribution is 0.253. The van der Waals surface area contributed by atoms with Crippen LogP contribution in [-0.2, 0) is 0 Å². The highest BCUT2D eigenvalue weighted by atomic mass is 35.5. The van der Waals surface area contributed by atoms with E-state index in [1.807, 2.05) is 24.3 Å². The van der Waals surface area contributed by atoms with E-state index < -0.39 is 0 Å². The number of hydrogen-bond donors (Lipinski definition) is 2. The summed E-state index contributed by atoms with van der Waals surface area (Å²) >= 11 is 7.67. The third-order valence-corrected chi connectivity index (χ3v) is 4.99. The largest absolute Gasteiger partial charge is 0.396 e. The maximum absolute atomic E-state index is 9.05. The Labute approximate surface area is 126 Å². The summed E-state index contributed by atoms with van der Waals surface area (Å²) in [6.45, 7) is 1.10. The van der Waals surface area contributed by atoms with Crippen molar-refractivity contribution in [3.8, 4) is 10.6 Å². The molecule has 1 aliphatic carbocycles. The summed E-state index contributed by atoms with van der Waals surface area (Å²) in [7, 11) is 0. The van der Waals surface area contributed by atoms with Gasteiger partial charge in [0.1, 0.15) is 0 Å². The van der Waals surface area contributed by atoms with Gasteiger partial charge in [0.05, 0.1) is 5.02 Å². The molecule has 1 aliphatic rings. The van der Waals surface area contributed by atoms with Crippen LogP contribution in [0.1, 0.15) is 19.3 Å². The van der Waals surface area contributed by atoms with Crippen molar-refractivity contribution in [1.29, 1.82) is 0 Å². The summed E-state index contributed by atoms with van der Waals surface area (Å²) in [6, 6.07) is 7.64. The van der Waals surface area contributed by atoms with Crippen molar-refractivity contribution in [2.24, 2.45) is 5.41 Å². The topological polar surface area (TPSA) is 58.0 Å². The highest BCUT2D eigenvalue weighted by molar-refractivity contribution is 7.18. The van der Waals surface area contributed by atoms with Crippen LogP contribution in [0.15, 0.2) is 24.3 Å². The summed E-state index contributed by atoms with van der Waals surface area (Å²) in [5, 5.41) is 23.1. The summed E-state index contributed by atoms with van der Waals surface area (Å²) in [4.78, 5) is 0. The summed E-state index contributed by atoms with van der Waals surface area (Å²) in [6.07, 6.45) is 3.21. The van der Waals surface area contributed by atoms with Crippen molar-refractivity contribution in [3.05, 3.63) is 29.3 Å². The van der Waals surface area contributed by atoms with E-state index in [4.69, 9.17) is 16.7 Å². The molecule has 0 aliphatic heterocycles. The Morgan fingerprint density at radius 3 is 2.80 bits per heavy atom. The van der Waals surface area contributed by atoms with E-state index in [0.717, 1.165) is 28.7 Å². The lowest BCUT2D eigenvalue weighted by atomic mass is 10.0. The first-order valence-corrected chi connectivity index (χ1v) is 7.85. The average molecular weight is 310 g/mol. The molecule has 0 radical (unpaired) electrons. The monoisotopic (exact) mass is 309 g/mol. The Kier molecular flexibility index (Phi) is 3.92. The molecule has 4 nitrogen and oxygen atoms in total. The molecule has 0 atom stereocenters. The van der Waals surface area contributed by atoms with E-state index in [9.17, 15) is 0 Å². The van der Waals surface area contributed by atoms with Crippen LogP contribution in [0.25, 0.3) is 10.6 Å². The second-order valence-electron chi connectivity index (χ2n) is 5.22. The SMILES string of the molecule is OCCC1(CNc2nnc(-c3ccccc3Cl)s2)CC1. The average Bonchev–Trinajstić information content (AvgIpc) is 3.05. The highest BCUT2D eigenvalue weighted by Crippen LogP contribution is 2.48. The van der Waals surface area contributed by atoms with Gasteiger partial charge in [-0.2, -0.15) is 0 Å². The van der Waals surface area contributed by atoms with Crippen LogP contribution < -0.4 is 5.32 Å². The third kappa shape index (κ3) is 2.95. The first kappa shape index (κ1) is 13.8. The number of aromatic nitrogens is 2. The molecular weight excluding hydrogens is 294 g/mol. The molecule has 3 rings (SSSR count). The smallest absolute Gasteiger partial charge is 0.206 e. The fraction of sp³-hybridized carbons (Fsp3) is 0.429. The lowest BCUT2D eigenvalue weighted by Crippen LogP contribution is -2.16. The Balaban J connectivity index is 1.67. The molecule has 1 saturated carbocycles. The molecule has 0 bridgehead atoms. The van der Waals surface area contributed by atoms with Gasteiger partial charge in [-0.05, 0) is 30.7 Å². The standard InChI is InChI=1S/C14H16ClN3OS/c15-11-4-2-1-3-10(11)12-17-18-13(20-12)16-9-14(5-6-14)7-8-19/h1-4,19H,5-9H2,(H,16,18). The fourth-order valence-electron chi connectivity index (χ4n) is 2.23. The molecule has 1 aromatic heterocycles. The summed E-state index contributed by atoms with van der Waals surface area (Å²) in [5.41, 5.74) is 1.18. The van der Waals surface area contributed by atoms with E-state index in [2.05, 4.69) is 15.5 Å². The van der Waals surface area contributed by atoms with Crippen LogP contribution >= 0.6 is 22.9 Å². The minimum Gasteiger partial charge on any atom is -0.396 e. The number of anilines is 1. The van der Waals surface area contributed by atoms with Crippen molar-refractivity contribution >= 4 is 28.1 Å². The fourth-order valence-corrected chi connectivity index (χ4v) is 3.29. The van der Waals surface area contributed by atoms with Gasteiger partial charge < -0.3 is 10.4 Å². The normalized spacial score (nSPS) is 16.1. The van der Waals surface area contributed by atoms with Gasteiger partial charge in [0, 0.05) is 18.7 Å². The number of benzene rings is 1. The number of nitrogens with one attached hydrogen (secondary N) is 1. The molecule has 0 spiro atoms. The van der Waals surface area contributed by atoms with Crippen molar-refractivity contribution < 1.29 is 5.11 Å². The molecule has 0 unspecified atom stereocenters. The van der Waals surface area contributed by atoms with Gasteiger partial charge in [-0.15, -0.1) is 10.2 Å². The number of halogens is 1. The number of nitrogens with zero attached hydrogens (tertiary/aromatic N) is 2. The zero-order valence-corrected chi connectivity index (χ0v) is 12.5. The molecule has 2 aromatic rings. The van der Waals surface area contributed by atoms with Crippen LogP contribution in [0.2, 0.25) is 5.02 Å². The molecular formula is C14H16ClN3OS.